The Balaban J connectivity index is 1.95. The maximum atomic E-state index is 13.2. The van der Waals surface area contributed by atoms with Crippen molar-refractivity contribution in [3.8, 4) is 11.1 Å². The number of nitrogens with zero attached hydrogens (tertiary/aromatic N) is 3. The lowest BCUT2D eigenvalue weighted by molar-refractivity contribution is 0.628. The third-order valence-electron chi connectivity index (χ3n) is 3.33. The van der Waals surface area contributed by atoms with Crippen LogP contribution in [0, 0.1) is 5.82 Å². The van der Waals surface area contributed by atoms with Crippen molar-refractivity contribution in [1.82, 2.24) is 9.97 Å². The Labute approximate surface area is 111 Å². The van der Waals surface area contributed by atoms with E-state index in [0.29, 0.717) is 22.9 Å². The maximum absolute atomic E-state index is 13.2. The van der Waals surface area contributed by atoms with Gasteiger partial charge in [-0.15, -0.1) is 0 Å². The summed E-state index contributed by atoms with van der Waals surface area (Å²) in [5.41, 5.74) is 7.34. The van der Waals surface area contributed by atoms with E-state index in [1.54, 1.807) is 18.3 Å². The molecule has 1 aliphatic heterocycles. The predicted octanol–water partition coefficient (Wildman–Crippen LogP) is 2.47. The largest absolute Gasteiger partial charge is 0.383 e. The van der Waals surface area contributed by atoms with Gasteiger partial charge in [0.2, 0.25) is 5.95 Å². The van der Waals surface area contributed by atoms with E-state index in [-0.39, 0.29) is 5.82 Å². The van der Waals surface area contributed by atoms with Gasteiger partial charge in [-0.05, 0) is 30.5 Å². The molecule has 0 spiro atoms. The Hall–Kier alpha value is -2.17. The summed E-state index contributed by atoms with van der Waals surface area (Å²) < 4.78 is 13.2. The Morgan fingerprint density at radius 2 is 2.00 bits per heavy atom. The van der Waals surface area contributed by atoms with Gasteiger partial charge in [-0.2, -0.15) is 4.98 Å². The highest BCUT2D eigenvalue weighted by Crippen LogP contribution is 2.26. The van der Waals surface area contributed by atoms with E-state index in [4.69, 9.17) is 5.73 Å². The number of halogens is 1. The van der Waals surface area contributed by atoms with E-state index in [1.807, 2.05) is 0 Å². The highest BCUT2D eigenvalue weighted by atomic mass is 19.1. The number of benzene rings is 1. The van der Waals surface area contributed by atoms with Crippen molar-refractivity contribution in [2.45, 2.75) is 12.8 Å². The van der Waals surface area contributed by atoms with Crippen molar-refractivity contribution in [2.75, 3.05) is 23.7 Å². The van der Waals surface area contributed by atoms with Crippen molar-refractivity contribution in [1.29, 1.82) is 0 Å². The third-order valence-corrected chi connectivity index (χ3v) is 3.33. The first-order chi connectivity index (χ1) is 9.24. The molecule has 2 heterocycles. The summed E-state index contributed by atoms with van der Waals surface area (Å²) in [5, 5.41) is 0. The van der Waals surface area contributed by atoms with Crippen LogP contribution in [0.1, 0.15) is 12.8 Å². The van der Waals surface area contributed by atoms with Gasteiger partial charge >= 0.3 is 0 Å². The maximum Gasteiger partial charge on any atom is 0.227 e. The van der Waals surface area contributed by atoms with Crippen LogP contribution in [0.2, 0.25) is 0 Å². The SMILES string of the molecule is Nc1nc(N2CCCC2)ncc1-c1cccc(F)c1. The smallest absolute Gasteiger partial charge is 0.227 e. The summed E-state index contributed by atoms with van der Waals surface area (Å²) in [6.45, 7) is 1.94. The molecule has 3 rings (SSSR count). The zero-order valence-electron chi connectivity index (χ0n) is 10.5. The second kappa shape index (κ2) is 4.84. The van der Waals surface area contributed by atoms with Crippen LogP contribution >= 0.6 is 0 Å². The van der Waals surface area contributed by atoms with Gasteiger partial charge < -0.3 is 10.6 Å². The molecular weight excluding hydrogens is 243 g/mol. The molecule has 1 aliphatic rings. The Bertz CT molecular complexity index is 594. The average Bonchev–Trinajstić information content (AvgIpc) is 2.92. The lowest BCUT2D eigenvalue weighted by atomic mass is 10.1. The fraction of sp³-hybridized carbons (Fsp3) is 0.286. The Morgan fingerprint density at radius 1 is 1.21 bits per heavy atom. The first-order valence-corrected chi connectivity index (χ1v) is 6.37. The number of anilines is 2. The predicted molar refractivity (Wildman–Crippen MR) is 73.3 cm³/mol. The molecule has 5 heteroatoms. The molecular formula is C14H15FN4. The second-order valence-corrected chi connectivity index (χ2v) is 4.67. The minimum Gasteiger partial charge on any atom is -0.383 e. The van der Waals surface area contributed by atoms with Crippen LogP contribution in [0.3, 0.4) is 0 Å². The van der Waals surface area contributed by atoms with Crippen LogP contribution in [0.15, 0.2) is 30.5 Å². The topological polar surface area (TPSA) is 55.0 Å². The molecule has 2 N–H and O–H groups in total. The minimum absolute atomic E-state index is 0.291. The quantitative estimate of drug-likeness (QED) is 0.899. The van der Waals surface area contributed by atoms with E-state index in [9.17, 15) is 4.39 Å². The van der Waals surface area contributed by atoms with Crippen LogP contribution in [0.25, 0.3) is 11.1 Å². The summed E-state index contributed by atoms with van der Waals surface area (Å²) in [6.07, 6.45) is 3.99. The molecule has 0 aliphatic carbocycles. The van der Waals surface area contributed by atoms with Gasteiger partial charge in [0.15, 0.2) is 0 Å². The van der Waals surface area contributed by atoms with Crippen molar-refractivity contribution in [2.24, 2.45) is 0 Å². The molecule has 4 nitrogen and oxygen atoms in total. The molecule has 1 saturated heterocycles. The molecule has 0 unspecified atom stereocenters. The summed E-state index contributed by atoms with van der Waals surface area (Å²) in [4.78, 5) is 10.8. The van der Waals surface area contributed by atoms with E-state index < -0.39 is 0 Å². The van der Waals surface area contributed by atoms with Crippen LogP contribution in [-0.4, -0.2) is 23.1 Å². The Kier molecular flexibility index (Phi) is 3.03. The molecule has 0 amide bonds. The fourth-order valence-electron chi connectivity index (χ4n) is 2.33. The zero-order valence-corrected chi connectivity index (χ0v) is 10.5. The number of hydrogen-bond donors (Lipinski definition) is 1. The lowest BCUT2D eigenvalue weighted by Gasteiger charge is -2.16. The summed E-state index contributed by atoms with van der Waals surface area (Å²) in [6, 6.07) is 6.29. The Morgan fingerprint density at radius 3 is 2.68 bits per heavy atom. The van der Waals surface area contributed by atoms with E-state index in [0.717, 1.165) is 25.9 Å². The van der Waals surface area contributed by atoms with Crippen molar-refractivity contribution < 1.29 is 4.39 Å². The summed E-state index contributed by atoms with van der Waals surface area (Å²) >= 11 is 0. The van der Waals surface area contributed by atoms with Gasteiger partial charge in [0, 0.05) is 24.8 Å². The van der Waals surface area contributed by atoms with Gasteiger partial charge in [0.25, 0.3) is 0 Å². The molecule has 2 aromatic rings. The number of hydrogen-bond acceptors (Lipinski definition) is 4. The molecule has 1 fully saturated rings. The van der Waals surface area contributed by atoms with Gasteiger partial charge in [-0.3, -0.25) is 0 Å². The fourth-order valence-corrected chi connectivity index (χ4v) is 2.33. The minimum atomic E-state index is -0.291. The molecule has 0 radical (unpaired) electrons. The summed E-state index contributed by atoms with van der Waals surface area (Å²) in [7, 11) is 0. The van der Waals surface area contributed by atoms with Crippen LogP contribution in [0.4, 0.5) is 16.2 Å². The van der Waals surface area contributed by atoms with Gasteiger partial charge in [-0.25, -0.2) is 9.37 Å². The van der Waals surface area contributed by atoms with Crippen molar-refractivity contribution in [3.63, 3.8) is 0 Å². The molecule has 0 bridgehead atoms. The van der Waals surface area contributed by atoms with Gasteiger partial charge in [-0.1, -0.05) is 12.1 Å². The van der Waals surface area contributed by atoms with Crippen molar-refractivity contribution in [3.05, 3.63) is 36.3 Å². The number of aromatic nitrogens is 2. The number of nitrogens with two attached hydrogens (primary N) is 1. The highest BCUT2D eigenvalue weighted by molar-refractivity contribution is 5.73. The van der Waals surface area contributed by atoms with Gasteiger partial charge in [0.05, 0.1) is 0 Å². The van der Waals surface area contributed by atoms with Gasteiger partial charge in [0.1, 0.15) is 11.6 Å². The molecule has 1 aromatic carbocycles. The standard InChI is InChI=1S/C14H15FN4/c15-11-5-3-4-10(8-11)12-9-17-14(18-13(12)16)19-6-1-2-7-19/h3-5,8-9H,1-2,6-7H2,(H2,16,17,18). The molecule has 98 valence electrons. The highest BCUT2D eigenvalue weighted by Gasteiger charge is 2.16. The van der Waals surface area contributed by atoms with Crippen molar-refractivity contribution >= 4 is 11.8 Å². The summed E-state index contributed by atoms with van der Waals surface area (Å²) in [5.74, 6) is 0.762. The first-order valence-electron chi connectivity index (χ1n) is 6.37. The zero-order chi connectivity index (χ0) is 13.2. The van der Waals surface area contributed by atoms with Crippen LogP contribution in [-0.2, 0) is 0 Å². The molecule has 1 aromatic heterocycles. The molecule has 0 saturated carbocycles. The van der Waals surface area contributed by atoms with E-state index >= 15 is 0 Å². The molecule has 0 atom stereocenters. The lowest BCUT2D eigenvalue weighted by Crippen LogP contribution is -2.20. The van der Waals surface area contributed by atoms with Crippen LogP contribution < -0.4 is 10.6 Å². The monoisotopic (exact) mass is 258 g/mol. The average molecular weight is 258 g/mol. The van der Waals surface area contributed by atoms with E-state index in [1.165, 1.54) is 12.1 Å². The normalized spacial score (nSPS) is 14.9. The number of nitrogen functional groups attached to an aromatic ring is 1. The van der Waals surface area contributed by atoms with Crippen LogP contribution in [0.5, 0.6) is 0 Å². The molecule has 19 heavy (non-hydrogen) atoms. The number of rotatable bonds is 2. The first kappa shape index (κ1) is 11.9. The van der Waals surface area contributed by atoms with E-state index in [2.05, 4.69) is 14.9 Å². The third kappa shape index (κ3) is 2.36. The second-order valence-electron chi connectivity index (χ2n) is 4.67.